The third-order valence-corrected chi connectivity index (χ3v) is 3.81. The normalized spacial score (nSPS) is 17.8. The minimum absolute atomic E-state index is 0. The van der Waals surface area contributed by atoms with E-state index in [-0.39, 0.29) is 12.4 Å². The third-order valence-electron chi connectivity index (χ3n) is 3.81. The average Bonchev–Trinajstić information content (AvgIpc) is 2.35. The fourth-order valence-electron chi connectivity index (χ4n) is 2.06. The van der Waals surface area contributed by atoms with Crippen LogP contribution in [0.3, 0.4) is 0 Å². The van der Waals surface area contributed by atoms with Crippen molar-refractivity contribution < 1.29 is 4.79 Å². The molecule has 1 rings (SSSR count). The molecule has 1 aliphatic rings. The van der Waals surface area contributed by atoms with Crippen LogP contribution in [0.4, 0.5) is 0 Å². The number of nitrogens with one attached hydrogen (secondary N) is 1. The van der Waals surface area contributed by atoms with E-state index in [0.29, 0.717) is 24.3 Å². The Labute approximate surface area is 117 Å². The molecule has 1 unspecified atom stereocenters. The second kappa shape index (κ2) is 8.73. The van der Waals surface area contributed by atoms with Crippen LogP contribution in [-0.2, 0) is 4.79 Å². The van der Waals surface area contributed by atoms with Crippen LogP contribution in [-0.4, -0.2) is 61.5 Å². The molecule has 1 fully saturated rings. The maximum atomic E-state index is 12.0. The Bertz CT molecular complexity index is 242. The molecule has 0 aromatic carbocycles. The lowest BCUT2D eigenvalue weighted by Crippen LogP contribution is -2.47. The molecule has 0 aromatic heterocycles. The highest BCUT2D eigenvalue weighted by Gasteiger charge is 2.18. The molecule has 5 heteroatoms. The fourth-order valence-corrected chi connectivity index (χ4v) is 2.06. The van der Waals surface area contributed by atoms with Gasteiger partial charge in [0.25, 0.3) is 0 Å². The Balaban J connectivity index is 0.00000289. The van der Waals surface area contributed by atoms with Gasteiger partial charge in [0.15, 0.2) is 0 Å². The number of hydrogen-bond donors (Lipinski definition) is 1. The van der Waals surface area contributed by atoms with Crippen LogP contribution in [0.1, 0.15) is 27.2 Å². The van der Waals surface area contributed by atoms with E-state index in [1.54, 1.807) is 0 Å². The Hall–Kier alpha value is -0.320. The van der Waals surface area contributed by atoms with Crippen molar-refractivity contribution in [3.8, 4) is 0 Å². The highest BCUT2D eigenvalue weighted by Crippen LogP contribution is 2.08. The molecular formula is C13H28ClN3O. The van der Waals surface area contributed by atoms with Crippen LogP contribution in [0.2, 0.25) is 0 Å². The summed E-state index contributed by atoms with van der Waals surface area (Å²) in [5.41, 5.74) is 0. The lowest BCUT2D eigenvalue weighted by Gasteiger charge is -2.30. The van der Waals surface area contributed by atoms with Crippen molar-refractivity contribution in [1.29, 1.82) is 0 Å². The minimum atomic E-state index is 0. The summed E-state index contributed by atoms with van der Waals surface area (Å²) >= 11 is 0. The summed E-state index contributed by atoms with van der Waals surface area (Å²) in [5, 5.41) is 3.26. The molecule has 108 valence electrons. The zero-order valence-electron chi connectivity index (χ0n) is 12.1. The Morgan fingerprint density at radius 3 is 2.33 bits per heavy atom. The summed E-state index contributed by atoms with van der Waals surface area (Å²) in [5.74, 6) is 0.934. The van der Waals surface area contributed by atoms with Crippen LogP contribution in [0.25, 0.3) is 0 Å². The number of halogens is 1. The Morgan fingerprint density at radius 2 is 1.83 bits per heavy atom. The average molecular weight is 278 g/mol. The summed E-state index contributed by atoms with van der Waals surface area (Å²) in [4.78, 5) is 16.2. The van der Waals surface area contributed by atoms with Crippen molar-refractivity contribution in [3.05, 3.63) is 0 Å². The predicted octanol–water partition coefficient (Wildman–Crippen LogP) is 1.21. The molecule has 0 radical (unpaired) electrons. The smallest absolute Gasteiger partial charge is 0.223 e. The van der Waals surface area contributed by atoms with Crippen LogP contribution >= 0.6 is 12.4 Å². The van der Waals surface area contributed by atoms with Gasteiger partial charge < -0.3 is 15.1 Å². The van der Waals surface area contributed by atoms with E-state index in [1.165, 1.54) is 0 Å². The standard InChI is InChI=1S/C13H27N3O.ClH/c1-11(2)12(3)15(4)8-5-13(17)16-9-6-14-7-10-16;/h11-12,14H,5-10H2,1-4H3;1H. The number of carbonyl (C=O) groups excluding carboxylic acids is 1. The molecule has 0 spiro atoms. The van der Waals surface area contributed by atoms with Gasteiger partial charge in [-0.25, -0.2) is 0 Å². The molecule has 1 amide bonds. The molecule has 18 heavy (non-hydrogen) atoms. The SMILES string of the molecule is CC(C)C(C)N(C)CCC(=O)N1CCNCC1.Cl. The summed E-state index contributed by atoms with van der Waals surface area (Å²) < 4.78 is 0. The van der Waals surface area contributed by atoms with Gasteiger partial charge in [-0.2, -0.15) is 0 Å². The topological polar surface area (TPSA) is 35.6 Å². The van der Waals surface area contributed by atoms with E-state index in [2.05, 4.69) is 38.0 Å². The largest absolute Gasteiger partial charge is 0.340 e. The van der Waals surface area contributed by atoms with E-state index < -0.39 is 0 Å². The number of carbonyl (C=O) groups is 1. The van der Waals surface area contributed by atoms with Crippen molar-refractivity contribution in [1.82, 2.24) is 15.1 Å². The van der Waals surface area contributed by atoms with Crippen LogP contribution in [0, 0.1) is 5.92 Å². The molecule has 1 atom stereocenters. The monoisotopic (exact) mass is 277 g/mol. The quantitative estimate of drug-likeness (QED) is 0.820. The number of nitrogens with zero attached hydrogens (tertiary/aromatic N) is 2. The van der Waals surface area contributed by atoms with Gasteiger partial charge in [0.05, 0.1) is 0 Å². The zero-order chi connectivity index (χ0) is 12.8. The fraction of sp³-hybridized carbons (Fsp3) is 0.923. The van der Waals surface area contributed by atoms with Crippen LogP contribution < -0.4 is 5.32 Å². The van der Waals surface area contributed by atoms with Crippen molar-refractivity contribution in [3.63, 3.8) is 0 Å². The number of piperazine rings is 1. The predicted molar refractivity (Wildman–Crippen MR) is 78.2 cm³/mol. The van der Waals surface area contributed by atoms with E-state index in [1.807, 2.05) is 4.90 Å². The van der Waals surface area contributed by atoms with Crippen molar-refractivity contribution in [2.24, 2.45) is 5.92 Å². The molecule has 1 N–H and O–H groups in total. The van der Waals surface area contributed by atoms with Crippen molar-refractivity contribution in [2.75, 3.05) is 39.8 Å². The van der Waals surface area contributed by atoms with E-state index in [4.69, 9.17) is 0 Å². The second-order valence-electron chi connectivity index (χ2n) is 5.35. The van der Waals surface area contributed by atoms with Gasteiger partial charge in [0, 0.05) is 45.2 Å². The minimum Gasteiger partial charge on any atom is -0.340 e. The number of hydrogen-bond acceptors (Lipinski definition) is 3. The van der Waals surface area contributed by atoms with Gasteiger partial charge in [0.2, 0.25) is 5.91 Å². The molecule has 0 aliphatic carbocycles. The van der Waals surface area contributed by atoms with Gasteiger partial charge in [-0.3, -0.25) is 4.79 Å². The van der Waals surface area contributed by atoms with E-state index in [9.17, 15) is 4.79 Å². The first-order valence-corrected chi connectivity index (χ1v) is 6.71. The summed E-state index contributed by atoms with van der Waals surface area (Å²) in [7, 11) is 2.11. The van der Waals surface area contributed by atoms with Crippen LogP contribution in [0.5, 0.6) is 0 Å². The number of amides is 1. The highest BCUT2D eigenvalue weighted by atomic mass is 35.5. The zero-order valence-corrected chi connectivity index (χ0v) is 12.9. The first-order chi connectivity index (χ1) is 8.02. The molecule has 0 saturated carbocycles. The van der Waals surface area contributed by atoms with E-state index in [0.717, 1.165) is 32.7 Å². The van der Waals surface area contributed by atoms with E-state index >= 15 is 0 Å². The summed E-state index contributed by atoms with van der Waals surface area (Å²) in [6.45, 7) is 11.1. The highest BCUT2D eigenvalue weighted by molar-refractivity contribution is 5.85. The Kier molecular flexibility index (Phi) is 8.57. The third kappa shape index (κ3) is 5.55. The Morgan fingerprint density at radius 1 is 1.28 bits per heavy atom. The number of rotatable bonds is 5. The van der Waals surface area contributed by atoms with Gasteiger partial charge in [-0.15, -0.1) is 12.4 Å². The molecule has 0 bridgehead atoms. The van der Waals surface area contributed by atoms with Crippen LogP contribution in [0.15, 0.2) is 0 Å². The van der Waals surface area contributed by atoms with Crippen molar-refractivity contribution in [2.45, 2.75) is 33.2 Å². The van der Waals surface area contributed by atoms with Crippen molar-refractivity contribution >= 4 is 18.3 Å². The lowest BCUT2D eigenvalue weighted by atomic mass is 10.1. The molecular weight excluding hydrogens is 250 g/mol. The van der Waals surface area contributed by atoms with Gasteiger partial charge >= 0.3 is 0 Å². The lowest BCUT2D eigenvalue weighted by molar-refractivity contribution is -0.132. The first kappa shape index (κ1) is 17.7. The molecule has 0 aromatic rings. The molecule has 1 saturated heterocycles. The van der Waals surface area contributed by atoms with Gasteiger partial charge in [-0.05, 0) is 19.9 Å². The van der Waals surface area contributed by atoms with Gasteiger partial charge in [-0.1, -0.05) is 13.8 Å². The second-order valence-corrected chi connectivity index (χ2v) is 5.35. The molecule has 1 aliphatic heterocycles. The maximum absolute atomic E-state index is 12.0. The maximum Gasteiger partial charge on any atom is 0.223 e. The first-order valence-electron chi connectivity index (χ1n) is 6.71. The molecule has 1 heterocycles. The molecule has 4 nitrogen and oxygen atoms in total. The van der Waals surface area contributed by atoms with Gasteiger partial charge in [0.1, 0.15) is 0 Å². The summed E-state index contributed by atoms with van der Waals surface area (Å²) in [6, 6.07) is 0.533. The summed E-state index contributed by atoms with van der Waals surface area (Å²) in [6.07, 6.45) is 0.646.